The van der Waals surface area contributed by atoms with Gasteiger partial charge >= 0.3 is 0 Å². The topological polar surface area (TPSA) is 37.8 Å². The van der Waals surface area contributed by atoms with E-state index in [0.717, 1.165) is 40.2 Å². The zero-order valence-corrected chi connectivity index (χ0v) is 13.1. The molecule has 0 fully saturated rings. The molecule has 0 bridgehead atoms. The van der Waals surface area contributed by atoms with Crippen LogP contribution in [0.15, 0.2) is 28.7 Å². The van der Waals surface area contributed by atoms with Gasteiger partial charge in [0, 0.05) is 21.4 Å². The summed E-state index contributed by atoms with van der Waals surface area (Å²) in [7, 11) is 1.96. The van der Waals surface area contributed by atoms with Crippen molar-refractivity contribution < 1.29 is 0 Å². The van der Waals surface area contributed by atoms with Crippen LogP contribution in [0.1, 0.15) is 17.0 Å². The third-order valence-corrected chi connectivity index (χ3v) is 3.68. The molecule has 1 heterocycles. The first-order valence-corrected chi connectivity index (χ1v) is 7.15. The van der Waals surface area contributed by atoms with Crippen LogP contribution in [-0.4, -0.2) is 23.6 Å². The van der Waals surface area contributed by atoms with E-state index in [1.807, 2.05) is 31.3 Å². The molecule has 19 heavy (non-hydrogen) atoms. The number of aryl methyl sites for hydroxylation is 2. The number of halogens is 1. The number of benzene rings is 1. The third kappa shape index (κ3) is 3.39. The minimum absolute atomic E-state index is 0.802. The van der Waals surface area contributed by atoms with E-state index < -0.39 is 0 Å². The summed E-state index contributed by atoms with van der Waals surface area (Å²) in [6.07, 6.45) is 0.967. The van der Waals surface area contributed by atoms with Gasteiger partial charge in [-0.25, -0.2) is 9.97 Å². The summed E-state index contributed by atoms with van der Waals surface area (Å²) in [4.78, 5) is 9.27. The summed E-state index contributed by atoms with van der Waals surface area (Å²) in [5, 5.41) is 3.16. The van der Waals surface area contributed by atoms with Gasteiger partial charge in [-0.3, -0.25) is 0 Å². The van der Waals surface area contributed by atoms with Crippen molar-refractivity contribution in [2.24, 2.45) is 0 Å². The Kier molecular flexibility index (Phi) is 4.66. The van der Waals surface area contributed by atoms with Gasteiger partial charge in [-0.1, -0.05) is 28.1 Å². The molecule has 0 unspecified atom stereocenters. The minimum atomic E-state index is 0.802. The highest BCUT2D eigenvalue weighted by atomic mass is 79.9. The molecule has 0 saturated heterocycles. The summed E-state index contributed by atoms with van der Waals surface area (Å²) in [6.45, 7) is 5.06. The van der Waals surface area contributed by atoms with Crippen molar-refractivity contribution in [3.63, 3.8) is 0 Å². The van der Waals surface area contributed by atoms with E-state index in [2.05, 4.69) is 45.1 Å². The van der Waals surface area contributed by atoms with E-state index in [9.17, 15) is 0 Å². The standard InChI is InChI=1S/C15H18BrN3/c1-10-14(8-9-17-3)11(2)19-15(18-10)12-4-6-13(16)7-5-12/h4-7,17H,8-9H2,1-3H3. The first-order chi connectivity index (χ1) is 9.11. The Morgan fingerprint density at radius 1 is 1.05 bits per heavy atom. The lowest BCUT2D eigenvalue weighted by molar-refractivity contribution is 0.774. The van der Waals surface area contributed by atoms with Gasteiger partial charge in [-0.15, -0.1) is 0 Å². The van der Waals surface area contributed by atoms with E-state index in [4.69, 9.17) is 0 Å². The highest BCUT2D eigenvalue weighted by Gasteiger charge is 2.09. The van der Waals surface area contributed by atoms with Crippen LogP contribution in [0.2, 0.25) is 0 Å². The summed E-state index contributed by atoms with van der Waals surface area (Å²) in [6, 6.07) is 8.09. The number of hydrogen-bond acceptors (Lipinski definition) is 3. The Morgan fingerprint density at radius 2 is 1.63 bits per heavy atom. The summed E-state index contributed by atoms with van der Waals surface area (Å²) in [5.74, 6) is 0.802. The van der Waals surface area contributed by atoms with E-state index in [1.165, 1.54) is 5.56 Å². The Bertz CT molecular complexity index is 541. The Hall–Kier alpha value is -1.26. The molecule has 0 saturated carbocycles. The average Bonchev–Trinajstić information content (AvgIpc) is 2.38. The van der Waals surface area contributed by atoms with Gasteiger partial charge in [-0.05, 0) is 51.6 Å². The van der Waals surface area contributed by atoms with Crippen molar-refractivity contribution in [2.75, 3.05) is 13.6 Å². The maximum absolute atomic E-state index is 4.63. The van der Waals surface area contributed by atoms with Crippen LogP contribution in [0, 0.1) is 13.8 Å². The molecule has 1 aromatic heterocycles. The molecular weight excluding hydrogens is 302 g/mol. The maximum Gasteiger partial charge on any atom is 0.159 e. The molecule has 100 valence electrons. The molecule has 0 spiro atoms. The second kappa shape index (κ2) is 6.26. The van der Waals surface area contributed by atoms with Crippen molar-refractivity contribution in [1.29, 1.82) is 0 Å². The molecule has 0 aliphatic heterocycles. The van der Waals surface area contributed by atoms with E-state index in [1.54, 1.807) is 0 Å². The zero-order chi connectivity index (χ0) is 13.8. The van der Waals surface area contributed by atoms with Gasteiger partial charge in [0.1, 0.15) is 0 Å². The van der Waals surface area contributed by atoms with Crippen molar-refractivity contribution in [2.45, 2.75) is 20.3 Å². The number of nitrogens with zero attached hydrogens (tertiary/aromatic N) is 2. The smallest absolute Gasteiger partial charge is 0.159 e. The molecule has 2 rings (SSSR count). The molecule has 0 amide bonds. The lowest BCUT2D eigenvalue weighted by Gasteiger charge is -2.11. The van der Waals surface area contributed by atoms with Crippen LogP contribution < -0.4 is 5.32 Å². The lowest BCUT2D eigenvalue weighted by Crippen LogP contribution is -2.13. The molecule has 4 heteroatoms. The second-order valence-corrected chi connectivity index (χ2v) is 5.47. The van der Waals surface area contributed by atoms with Gasteiger partial charge in [0.05, 0.1) is 0 Å². The zero-order valence-electron chi connectivity index (χ0n) is 11.5. The lowest BCUT2D eigenvalue weighted by atomic mass is 10.1. The Morgan fingerprint density at radius 3 is 2.16 bits per heavy atom. The average molecular weight is 320 g/mol. The molecule has 1 aromatic carbocycles. The van der Waals surface area contributed by atoms with Crippen molar-refractivity contribution in [3.05, 3.63) is 45.7 Å². The summed E-state index contributed by atoms with van der Waals surface area (Å²) in [5.41, 5.74) is 4.44. The monoisotopic (exact) mass is 319 g/mol. The van der Waals surface area contributed by atoms with Gasteiger partial charge in [0.2, 0.25) is 0 Å². The Balaban J connectivity index is 2.36. The molecule has 0 atom stereocenters. The maximum atomic E-state index is 4.63. The fraction of sp³-hybridized carbons (Fsp3) is 0.333. The number of rotatable bonds is 4. The normalized spacial score (nSPS) is 10.7. The molecular formula is C15H18BrN3. The molecule has 0 aliphatic carbocycles. The van der Waals surface area contributed by atoms with Gasteiger partial charge in [0.25, 0.3) is 0 Å². The number of hydrogen-bond donors (Lipinski definition) is 1. The molecule has 1 N–H and O–H groups in total. The van der Waals surface area contributed by atoms with Crippen molar-refractivity contribution >= 4 is 15.9 Å². The first kappa shape index (κ1) is 14.2. The predicted octanol–water partition coefficient (Wildman–Crippen LogP) is 3.28. The van der Waals surface area contributed by atoms with Crippen LogP contribution in [0.25, 0.3) is 11.4 Å². The van der Waals surface area contributed by atoms with Gasteiger partial charge < -0.3 is 5.32 Å². The molecule has 3 nitrogen and oxygen atoms in total. The Labute approximate surface area is 122 Å². The van der Waals surface area contributed by atoms with Crippen LogP contribution in [0.4, 0.5) is 0 Å². The molecule has 0 radical (unpaired) electrons. The van der Waals surface area contributed by atoms with Crippen molar-refractivity contribution in [1.82, 2.24) is 15.3 Å². The number of nitrogens with one attached hydrogen (secondary N) is 1. The first-order valence-electron chi connectivity index (χ1n) is 6.36. The fourth-order valence-corrected chi connectivity index (χ4v) is 2.34. The predicted molar refractivity (Wildman–Crippen MR) is 82.3 cm³/mol. The van der Waals surface area contributed by atoms with Crippen LogP contribution in [0.5, 0.6) is 0 Å². The highest BCUT2D eigenvalue weighted by Crippen LogP contribution is 2.21. The van der Waals surface area contributed by atoms with Gasteiger partial charge in [0.15, 0.2) is 5.82 Å². The second-order valence-electron chi connectivity index (χ2n) is 4.56. The quantitative estimate of drug-likeness (QED) is 0.939. The SMILES string of the molecule is CNCCc1c(C)nc(-c2ccc(Br)cc2)nc1C. The molecule has 0 aliphatic rings. The third-order valence-electron chi connectivity index (χ3n) is 3.15. The van der Waals surface area contributed by atoms with E-state index >= 15 is 0 Å². The van der Waals surface area contributed by atoms with E-state index in [-0.39, 0.29) is 0 Å². The van der Waals surface area contributed by atoms with Crippen LogP contribution in [0.3, 0.4) is 0 Å². The number of aromatic nitrogens is 2. The fourth-order valence-electron chi connectivity index (χ4n) is 2.08. The van der Waals surface area contributed by atoms with Crippen molar-refractivity contribution in [3.8, 4) is 11.4 Å². The highest BCUT2D eigenvalue weighted by molar-refractivity contribution is 9.10. The van der Waals surface area contributed by atoms with Gasteiger partial charge in [-0.2, -0.15) is 0 Å². The number of likely N-dealkylation sites (N-methyl/N-ethyl adjacent to an activating group) is 1. The van der Waals surface area contributed by atoms with Crippen LogP contribution in [-0.2, 0) is 6.42 Å². The summed E-state index contributed by atoms with van der Waals surface area (Å²) >= 11 is 3.44. The molecule has 2 aromatic rings. The largest absolute Gasteiger partial charge is 0.319 e. The van der Waals surface area contributed by atoms with E-state index in [0.29, 0.717) is 0 Å². The minimum Gasteiger partial charge on any atom is -0.319 e. The summed E-state index contributed by atoms with van der Waals surface area (Å²) < 4.78 is 1.07. The van der Waals surface area contributed by atoms with Crippen LogP contribution >= 0.6 is 15.9 Å².